The molecule has 0 aromatic heterocycles. The van der Waals surface area contributed by atoms with Crippen LogP contribution in [0, 0.1) is 0 Å². The molecule has 1 unspecified atom stereocenters. The van der Waals surface area contributed by atoms with Crippen LogP contribution in [0.15, 0.2) is 24.3 Å². The van der Waals surface area contributed by atoms with Crippen molar-refractivity contribution in [3.63, 3.8) is 0 Å². The lowest BCUT2D eigenvalue weighted by Crippen LogP contribution is -2.42. The topological polar surface area (TPSA) is 29.3 Å². The van der Waals surface area contributed by atoms with Crippen LogP contribution in [0.4, 0.5) is 13.2 Å². The quantitative estimate of drug-likeness (QED) is 0.920. The smallest absolute Gasteiger partial charge is 0.323 e. The molecule has 1 aromatic carbocycles. The lowest BCUT2D eigenvalue weighted by Gasteiger charge is -2.33. The summed E-state index contributed by atoms with van der Waals surface area (Å²) in [5.41, 5.74) is 6.38. The van der Waals surface area contributed by atoms with Crippen LogP contribution in [-0.2, 0) is 6.18 Å². The third kappa shape index (κ3) is 3.33. The summed E-state index contributed by atoms with van der Waals surface area (Å²) in [7, 11) is 0. The fraction of sp³-hybridized carbons (Fsp3) is 0.600. The van der Waals surface area contributed by atoms with Crippen molar-refractivity contribution in [3.8, 4) is 0 Å². The van der Waals surface area contributed by atoms with E-state index >= 15 is 0 Å². The molecule has 1 aromatic rings. The van der Waals surface area contributed by atoms with Gasteiger partial charge in [-0.1, -0.05) is 12.1 Å². The minimum absolute atomic E-state index is 0.129. The molecule has 112 valence electrons. The van der Waals surface area contributed by atoms with Crippen LogP contribution in [0.25, 0.3) is 0 Å². The zero-order chi connectivity index (χ0) is 15.0. The second kappa shape index (κ2) is 5.37. The van der Waals surface area contributed by atoms with Gasteiger partial charge in [-0.2, -0.15) is 13.2 Å². The highest BCUT2D eigenvalue weighted by Crippen LogP contribution is 2.31. The second-order valence-corrected chi connectivity index (χ2v) is 6.09. The van der Waals surface area contributed by atoms with E-state index in [0.717, 1.165) is 37.1 Å². The molecule has 0 aliphatic carbocycles. The fourth-order valence-electron chi connectivity index (χ4n) is 2.76. The normalized spacial score (nSPS) is 21.1. The average molecular weight is 286 g/mol. The average Bonchev–Trinajstić information content (AvgIpc) is 2.68. The minimum atomic E-state index is -4.29. The summed E-state index contributed by atoms with van der Waals surface area (Å²) in [6, 6.07) is 4.91. The zero-order valence-electron chi connectivity index (χ0n) is 11.9. The van der Waals surface area contributed by atoms with Crippen LogP contribution in [-0.4, -0.2) is 23.5 Å². The molecule has 5 heteroatoms. The molecular formula is C15H21F3N2. The van der Waals surface area contributed by atoms with E-state index in [1.807, 2.05) is 0 Å². The molecule has 0 saturated carbocycles. The van der Waals surface area contributed by atoms with Gasteiger partial charge in [0.25, 0.3) is 0 Å². The maximum atomic E-state index is 12.5. The maximum Gasteiger partial charge on any atom is 0.416 e. The summed E-state index contributed by atoms with van der Waals surface area (Å²) in [5, 5.41) is 0. The van der Waals surface area contributed by atoms with Crippen molar-refractivity contribution in [1.29, 1.82) is 0 Å². The Morgan fingerprint density at radius 2 is 1.85 bits per heavy atom. The van der Waals surface area contributed by atoms with Gasteiger partial charge in [0, 0.05) is 18.1 Å². The third-order valence-electron chi connectivity index (χ3n) is 4.16. The lowest BCUT2D eigenvalue weighted by atomic mass is 10.00. The second-order valence-electron chi connectivity index (χ2n) is 6.09. The van der Waals surface area contributed by atoms with Crippen LogP contribution >= 0.6 is 0 Å². The van der Waals surface area contributed by atoms with Crippen molar-refractivity contribution in [2.45, 2.75) is 44.4 Å². The monoisotopic (exact) mass is 286 g/mol. The number of nitrogens with two attached hydrogens (primary N) is 1. The summed E-state index contributed by atoms with van der Waals surface area (Å²) in [6.45, 7) is 6.04. The Kier molecular flexibility index (Phi) is 4.12. The molecule has 1 heterocycles. The van der Waals surface area contributed by atoms with Crippen LogP contribution in [0.1, 0.15) is 43.9 Å². The predicted octanol–water partition coefficient (Wildman–Crippen LogP) is 3.58. The van der Waals surface area contributed by atoms with Crippen molar-refractivity contribution in [2.75, 3.05) is 13.1 Å². The Morgan fingerprint density at radius 1 is 1.25 bits per heavy atom. The van der Waals surface area contributed by atoms with Gasteiger partial charge in [0.1, 0.15) is 0 Å². The van der Waals surface area contributed by atoms with Gasteiger partial charge in [-0.15, -0.1) is 0 Å². The molecular weight excluding hydrogens is 265 g/mol. The Morgan fingerprint density at radius 3 is 2.30 bits per heavy atom. The Bertz CT molecular complexity index is 451. The number of hydrogen-bond acceptors (Lipinski definition) is 2. The molecule has 2 N–H and O–H groups in total. The fourth-order valence-corrected chi connectivity index (χ4v) is 2.76. The number of nitrogens with zero attached hydrogens (tertiary/aromatic N) is 1. The molecule has 0 radical (unpaired) electrons. The van der Waals surface area contributed by atoms with E-state index in [1.54, 1.807) is 0 Å². The highest BCUT2D eigenvalue weighted by atomic mass is 19.4. The van der Waals surface area contributed by atoms with E-state index in [9.17, 15) is 13.2 Å². The van der Waals surface area contributed by atoms with Gasteiger partial charge in [0.15, 0.2) is 0 Å². The van der Waals surface area contributed by atoms with E-state index in [4.69, 9.17) is 5.73 Å². The summed E-state index contributed by atoms with van der Waals surface area (Å²) in [5.74, 6) is 0. The molecule has 1 fully saturated rings. The first-order valence-corrected chi connectivity index (χ1v) is 6.88. The molecule has 2 rings (SSSR count). The highest BCUT2D eigenvalue weighted by Gasteiger charge is 2.33. The number of halogens is 3. The molecule has 0 spiro atoms. The van der Waals surface area contributed by atoms with Crippen molar-refractivity contribution >= 4 is 0 Å². The predicted molar refractivity (Wildman–Crippen MR) is 73.3 cm³/mol. The molecule has 1 saturated heterocycles. The molecule has 2 nitrogen and oxygen atoms in total. The van der Waals surface area contributed by atoms with Gasteiger partial charge in [0.05, 0.1) is 5.56 Å². The standard InChI is InChI=1S/C15H21F3N2/c1-14(2)8-3-9-20(14)10-13(19)11-4-6-12(7-5-11)15(16,17)18/h4-7,13H,3,8-10,19H2,1-2H3. The van der Waals surface area contributed by atoms with Crippen LogP contribution in [0.5, 0.6) is 0 Å². The van der Waals surface area contributed by atoms with Gasteiger partial charge in [0.2, 0.25) is 0 Å². The Balaban J connectivity index is 2.04. The van der Waals surface area contributed by atoms with Gasteiger partial charge in [-0.05, 0) is 50.9 Å². The number of benzene rings is 1. The van der Waals surface area contributed by atoms with Crippen molar-refractivity contribution in [1.82, 2.24) is 4.90 Å². The van der Waals surface area contributed by atoms with Gasteiger partial charge in [-0.25, -0.2) is 0 Å². The van der Waals surface area contributed by atoms with Gasteiger partial charge >= 0.3 is 6.18 Å². The van der Waals surface area contributed by atoms with Gasteiger partial charge < -0.3 is 5.73 Å². The SMILES string of the molecule is CC1(C)CCCN1CC(N)c1ccc(C(F)(F)F)cc1. The van der Waals surface area contributed by atoms with Crippen molar-refractivity contribution in [3.05, 3.63) is 35.4 Å². The summed E-state index contributed by atoms with van der Waals surface area (Å²) in [4.78, 5) is 2.31. The summed E-state index contributed by atoms with van der Waals surface area (Å²) < 4.78 is 37.5. The van der Waals surface area contributed by atoms with Crippen LogP contribution in [0.2, 0.25) is 0 Å². The van der Waals surface area contributed by atoms with Crippen LogP contribution in [0.3, 0.4) is 0 Å². The molecule has 0 amide bonds. The van der Waals surface area contributed by atoms with Crippen LogP contribution < -0.4 is 5.73 Å². The van der Waals surface area contributed by atoms with E-state index in [0.29, 0.717) is 6.54 Å². The first-order valence-electron chi connectivity index (χ1n) is 6.88. The van der Waals surface area contributed by atoms with E-state index < -0.39 is 11.7 Å². The first kappa shape index (κ1) is 15.3. The molecule has 1 atom stereocenters. The Hall–Kier alpha value is -1.07. The third-order valence-corrected chi connectivity index (χ3v) is 4.16. The number of rotatable bonds is 3. The number of hydrogen-bond donors (Lipinski definition) is 1. The molecule has 20 heavy (non-hydrogen) atoms. The molecule has 1 aliphatic heterocycles. The Labute approximate surface area is 117 Å². The van der Waals surface area contributed by atoms with E-state index in [2.05, 4.69) is 18.7 Å². The largest absolute Gasteiger partial charge is 0.416 e. The summed E-state index contributed by atoms with van der Waals surface area (Å²) >= 11 is 0. The van der Waals surface area contributed by atoms with Crippen molar-refractivity contribution in [2.24, 2.45) is 5.73 Å². The van der Waals surface area contributed by atoms with E-state index in [-0.39, 0.29) is 11.6 Å². The zero-order valence-corrected chi connectivity index (χ0v) is 11.9. The molecule has 0 bridgehead atoms. The van der Waals surface area contributed by atoms with Crippen molar-refractivity contribution < 1.29 is 13.2 Å². The molecule has 1 aliphatic rings. The van der Waals surface area contributed by atoms with E-state index in [1.165, 1.54) is 12.1 Å². The first-order chi connectivity index (χ1) is 9.20. The highest BCUT2D eigenvalue weighted by molar-refractivity contribution is 5.27. The lowest BCUT2D eigenvalue weighted by molar-refractivity contribution is -0.137. The van der Waals surface area contributed by atoms with Gasteiger partial charge in [-0.3, -0.25) is 4.90 Å². The maximum absolute atomic E-state index is 12.5. The summed E-state index contributed by atoms with van der Waals surface area (Å²) in [6.07, 6.45) is -2.01. The minimum Gasteiger partial charge on any atom is -0.323 e. The number of alkyl halides is 3. The number of likely N-dealkylation sites (tertiary alicyclic amines) is 1.